The van der Waals surface area contributed by atoms with Crippen LogP contribution in [0.2, 0.25) is 0 Å². The number of allylic oxidation sites excluding steroid dienone is 1. The Morgan fingerprint density at radius 3 is 2.67 bits per heavy atom. The fourth-order valence-corrected chi connectivity index (χ4v) is 5.08. The van der Waals surface area contributed by atoms with Crippen molar-refractivity contribution in [2.45, 2.75) is 36.2 Å². The van der Waals surface area contributed by atoms with E-state index in [2.05, 4.69) is 10.3 Å². The number of carbonyl (C=O) groups excluding carboxylic acids is 1. The Balaban J connectivity index is 1.75. The van der Waals surface area contributed by atoms with Crippen molar-refractivity contribution in [2.24, 2.45) is 4.99 Å². The third kappa shape index (κ3) is 2.56. The number of rotatable bonds is 1. The molecule has 6 heteroatoms. The molecular weight excluding hydrogens is 324 g/mol. The number of ketones is 1. The van der Waals surface area contributed by atoms with E-state index in [1.54, 1.807) is 36.4 Å². The minimum atomic E-state index is -3.62. The van der Waals surface area contributed by atoms with Gasteiger partial charge in [-0.3, -0.25) is 15.1 Å². The van der Waals surface area contributed by atoms with Gasteiger partial charge in [-0.1, -0.05) is 24.3 Å². The number of hydrogen-bond donors (Lipinski definition) is 1. The molecule has 1 aliphatic carbocycles. The van der Waals surface area contributed by atoms with Gasteiger partial charge in [0.05, 0.1) is 10.9 Å². The van der Waals surface area contributed by atoms with E-state index in [4.69, 9.17) is 0 Å². The molecule has 4 rings (SSSR count). The molecule has 1 N–H and O–H groups in total. The topological polar surface area (TPSA) is 75.6 Å². The number of carbonyl (C=O) groups is 1. The summed E-state index contributed by atoms with van der Waals surface area (Å²) in [5.74, 6) is 0.139. The van der Waals surface area contributed by atoms with Gasteiger partial charge in [-0.25, -0.2) is 8.42 Å². The molecule has 0 saturated heterocycles. The molecule has 0 aromatic heterocycles. The maximum atomic E-state index is 13.0. The van der Waals surface area contributed by atoms with E-state index in [-0.39, 0.29) is 27.8 Å². The van der Waals surface area contributed by atoms with Crippen LogP contribution in [0.15, 0.2) is 63.5 Å². The van der Waals surface area contributed by atoms with E-state index in [0.29, 0.717) is 25.8 Å². The van der Waals surface area contributed by atoms with E-state index >= 15 is 0 Å². The van der Waals surface area contributed by atoms with Crippen LogP contribution in [0.5, 0.6) is 0 Å². The van der Waals surface area contributed by atoms with E-state index < -0.39 is 9.84 Å². The highest BCUT2D eigenvalue weighted by Gasteiger charge is 2.39. The highest BCUT2D eigenvalue weighted by molar-refractivity contribution is 8.06. The van der Waals surface area contributed by atoms with Crippen molar-refractivity contribution < 1.29 is 13.2 Å². The van der Waals surface area contributed by atoms with Crippen molar-refractivity contribution >= 4 is 20.7 Å². The average molecular weight is 342 g/mol. The zero-order valence-electron chi connectivity index (χ0n) is 13.1. The zero-order valence-corrected chi connectivity index (χ0v) is 13.9. The molecule has 2 aliphatic heterocycles. The first kappa shape index (κ1) is 15.5. The van der Waals surface area contributed by atoms with E-state index in [9.17, 15) is 13.2 Å². The van der Waals surface area contributed by atoms with Gasteiger partial charge in [-0.2, -0.15) is 0 Å². The Labute approximate surface area is 141 Å². The van der Waals surface area contributed by atoms with Crippen LogP contribution >= 0.6 is 0 Å². The summed E-state index contributed by atoms with van der Waals surface area (Å²) in [5, 5.41) is 3.60. The Kier molecular flexibility index (Phi) is 3.73. The number of hydrogen-bond acceptors (Lipinski definition) is 5. The Morgan fingerprint density at radius 1 is 1.08 bits per heavy atom. The number of nitrogens with one attached hydrogen (secondary N) is 1. The predicted octanol–water partition coefficient (Wildman–Crippen LogP) is 1.82. The van der Waals surface area contributed by atoms with Crippen molar-refractivity contribution in [1.29, 1.82) is 0 Å². The Morgan fingerprint density at radius 2 is 1.88 bits per heavy atom. The molecule has 0 radical (unpaired) electrons. The lowest BCUT2D eigenvalue weighted by atomic mass is 9.85. The molecule has 124 valence electrons. The van der Waals surface area contributed by atoms with Crippen LogP contribution in [0, 0.1) is 0 Å². The molecule has 2 unspecified atom stereocenters. The first-order chi connectivity index (χ1) is 11.6. The number of fused-ring (bicyclic) bond motifs is 2. The zero-order chi connectivity index (χ0) is 16.7. The van der Waals surface area contributed by atoms with Crippen LogP contribution in [-0.2, 0) is 14.6 Å². The first-order valence-corrected chi connectivity index (χ1v) is 9.59. The second-order valence-electron chi connectivity index (χ2n) is 6.31. The number of sulfone groups is 1. The lowest BCUT2D eigenvalue weighted by Crippen LogP contribution is -2.52. The standard InChI is InChI=1S/C18H18N2O3S/c21-14-6-7-16-13(11-14)10-12-8-9-19-18(17(12)20-16)24(22,23)15-4-2-1-3-5-15/h1-5,10-11,16-17,20H,6-9H2. The minimum Gasteiger partial charge on any atom is -0.298 e. The number of benzene rings is 1. The highest BCUT2D eigenvalue weighted by atomic mass is 32.2. The molecule has 2 atom stereocenters. The smallest absolute Gasteiger partial charge is 0.221 e. The molecule has 0 fully saturated rings. The Hall–Kier alpha value is -2.05. The van der Waals surface area contributed by atoms with Crippen LogP contribution in [0.4, 0.5) is 0 Å². The Bertz CT molecular complexity index is 882. The predicted molar refractivity (Wildman–Crippen MR) is 91.7 cm³/mol. The minimum absolute atomic E-state index is 0.0192. The number of nitrogens with zero attached hydrogens (tertiary/aromatic N) is 1. The third-order valence-electron chi connectivity index (χ3n) is 4.74. The van der Waals surface area contributed by atoms with Crippen LogP contribution in [-0.4, -0.2) is 37.9 Å². The maximum Gasteiger partial charge on any atom is 0.221 e. The van der Waals surface area contributed by atoms with Gasteiger partial charge in [-0.15, -0.1) is 0 Å². The van der Waals surface area contributed by atoms with Crippen LogP contribution in [0.3, 0.4) is 0 Å². The fourth-order valence-electron chi connectivity index (χ4n) is 3.53. The molecule has 0 spiro atoms. The van der Waals surface area contributed by atoms with Crippen LogP contribution in [0.25, 0.3) is 0 Å². The molecule has 5 nitrogen and oxygen atoms in total. The van der Waals surface area contributed by atoms with Crippen LogP contribution < -0.4 is 5.32 Å². The SMILES string of the molecule is O=C1C=C2C=C3CCN=C(S(=O)(=O)c4ccccc4)C3NC2CC1. The van der Waals surface area contributed by atoms with Gasteiger partial charge in [0, 0.05) is 19.0 Å². The fraction of sp³-hybridized carbons (Fsp3) is 0.333. The summed E-state index contributed by atoms with van der Waals surface area (Å²) in [6, 6.07) is 8.06. The van der Waals surface area contributed by atoms with E-state index in [1.807, 2.05) is 6.08 Å². The van der Waals surface area contributed by atoms with Crippen molar-refractivity contribution in [3.8, 4) is 0 Å². The largest absolute Gasteiger partial charge is 0.298 e. The lowest BCUT2D eigenvalue weighted by molar-refractivity contribution is -0.115. The monoisotopic (exact) mass is 342 g/mol. The second kappa shape index (κ2) is 5.79. The number of aliphatic imine (C=N–C) groups is 1. The molecule has 1 aromatic rings. The van der Waals surface area contributed by atoms with Crippen molar-refractivity contribution in [2.75, 3.05) is 6.54 Å². The first-order valence-electron chi connectivity index (χ1n) is 8.11. The summed E-state index contributed by atoms with van der Waals surface area (Å²) < 4.78 is 26.0. The third-order valence-corrected chi connectivity index (χ3v) is 6.55. The van der Waals surface area contributed by atoms with Gasteiger partial charge in [0.15, 0.2) is 10.8 Å². The molecule has 1 aromatic carbocycles. The van der Waals surface area contributed by atoms with Crippen molar-refractivity contribution in [3.05, 3.63) is 53.6 Å². The summed E-state index contributed by atoms with van der Waals surface area (Å²) in [7, 11) is -3.62. The van der Waals surface area contributed by atoms with Gasteiger partial charge < -0.3 is 0 Å². The van der Waals surface area contributed by atoms with Gasteiger partial charge in [0.25, 0.3) is 0 Å². The molecule has 3 aliphatic rings. The molecule has 0 saturated carbocycles. The van der Waals surface area contributed by atoms with Crippen LogP contribution in [0.1, 0.15) is 19.3 Å². The quantitative estimate of drug-likeness (QED) is 0.845. The summed E-state index contributed by atoms with van der Waals surface area (Å²) >= 11 is 0. The van der Waals surface area contributed by atoms with E-state index in [1.165, 1.54) is 0 Å². The maximum absolute atomic E-state index is 13.0. The van der Waals surface area contributed by atoms with Gasteiger partial charge in [-0.05, 0) is 42.2 Å². The van der Waals surface area contributed by atoms with Gasteiger partial charge in [0.1, 0.15) is 0 Å². The molecule has 0 amide bonds. The molecule has 24 heavy (non-hydrogen) atoms. The molecule has 2 heterocycles. The highest BCUT2D eigenvalue weighted by Crippen LogP contribution is 2.31. The summed E-state index contributed by atoms with van der Waals surface area (Å²) in [6.45, 7) is 0.456. The van der Waals surface area contributed by atoms with Crippen molar-refractivity contribution in [1.82, 2.24) is 5.32 Å². The van der Waals surface area contributed by atoms with E-state index in [0.717, 1.165) is 11.1 Å². The molecular formula is C18H18N2O3S. The second-order valence-corrected chi connectivity index (χ2v) is 8.20. The van der Waals surface area contributed by atoms with Gasteiger partial charge >= 0.3 is 0 Å². The summed E-state index contributed by atoms with van der Waals surface area (Å²) in [4.78, 5) is 16.3. The summed E-state index contributed by atoms with van der Waals surface area (Å²) in [6.07, 6.45) is 5.59. The van der Waals surface area contributed by atoms with Gasteiger partial charge in [0.2, 0.25) is 9.84 Å². The molecule has 0 bridgehead atoms. The lowest BCUT2D eigenvalue weighted by Gasteiger charge is -2.37. The average Bonchev–Trinajstić information content (AvgIpc) is 2.60. The summed E-state index contributed by atoms with van der Waals surface area (Å²) in [5.41, 5.74) is 1.97. The van der Waals surface area contributed by atoms with Crippen molar-refractivity contribution in [3.63, 3.8) is 0 Å². The normalized spacial score (nSPS) is 26.7.